The quantitative estimate of drug-likeness (QED) is 0.132. The number of ether oxygens (including phenoxy) is 1. The summed E-state index contributed by atoms with van der Waals surface area (Å²) in [7, 11) is 0. The molecule has 0 aliphatic carbocycles. The van der Waals surface area contributed by atoms with E-state index < -0.39 is 4.92 Å². The highest BCUT2D eigenvalue weighted by molar-refractivity contribution is 7.08. The third-order valence-electron chi connectivity index (χ3n) is 6.80. The molecule has 182 valence electrons. The molecule has 7 rings (SSSR count). The van der Waals surface area contributed by atoms with E-state index in [1.165, 1.54) is 12.1 Å². The van der Waals surface area contributed by atoms with E-state index in [1.54, 1.807) is 29.5 Å². The molecule has 0 aliphatic rings. The minimum Gasteiger partial charge on any atom is -0.453 e. The Morgan fingerprint density at radius 1 is 0.816 bits per heavy atom. The summed E-state index contributed by atoms with van der Waals surface area (Å²) in [6, 6.07) is 29.6. The standard InChI is InChI=1S/C31H18N2O4S/c34-31-26(37-24-7-2-1-3-8-24)17-22-16-20-6-4-5-9-25(20)32-29(21-14-15-38-18-21)27(28(31)30(22)32)19-10-12-23(13-11-19)33(35)36/h1-18H. The molecule has 0 spiro atoms. The molecule has 0 unspecified atom stereocenters. The van der Waals surface area contributed by atoms with E-state index in [9.17, 15) is 14.9 Å². The van der Waals surface area contributed by atoms with E-state index >= 15 is 0 Å². The van der Waals surface area contributed by atoms with Crippen molar-refractivity contribution in [2.24, 2.45) is 0 Å². The number of para-hydroxylation sites is 2. The van der Waals surface area contributed by atoms with Gasteiger partial charge in [-0.15, -0.1) is 0 Å². The largest absolute Gasteiger partial charge is 0.453 e. The SMILES string of the molecule is O=c1c(Oc2ccccc2)cc2cc3ccccc3n3c(-c4ccsc4)c(-c4ccc([N+](=O)[O-])cc4)c1c23. The number of pyridine rings is 1. The average Bonchev–Trinajstić information content (AvgIpc) is 3.59. The predicted octanol–water partition coefficient (Wildman–Crippen LogP) is 8.14. The van der Waals surface area contributed by atoms with Gasteiger partial charge in [0.05, 0.1) is 27.0 Å². The highest BCUT2D eigenvalue weighted by Crippen LogP contribution is 2.44. The minimum atomic E-state index is -0.421. The lowest BCUT2D eigenvalue weighted by Gasteiger charge is -2.11. The van der Waals surface area contributed by atoms with Gasteiger partial charge in [0.2, 0.25) is 5.43 Å². The van der Waals surface area contributed by atoms with E-state index in [-0.39, 0.29) is 16.9 Å². The molecule has 3 heterocycles. The topological polar surface area (TPSA) is 73.8 Å². The van der Waals surface area contributed by atoms with Crippen molar-refractivity contribution in [1.29, 1.82) is 0 Å². The molecular weight excluding hydrogens is 496 g/mol. The fourth-order valence-electron chi connectivity index (χ4n) is 5.19. The Labute approximate surface area is 220 Å². The molecule has 7 heteroatoms. The van der Waals surface area contributed by atoms with Crippen molar-refractivity contribution in [3.63, 3.8) is 0 Å². The maximum atomic E-state index is 14.2. The second-order valence-corrected chi connectivity index (χ2v) is 9.79. The minimum absolute atomic E-state index is 0.00583. The fourth-order valence-corrected chi connectivity index (χ4v) is 5.83. The molecular formula is C31H18N2O4S. The van der Waals surface area contributed by atoms with Crippen molar-refractivity contribution in [1.82, 2.24) is 4.40 Å². The number of hydrogen-bond acceptors (Lipinski definition) is 5. The van der Waals surface area contributed by atoms with Crippen molar-refractivity contribution in [3.8, 4) is 33.9 Å². The smallest absolute Gasteiger partial charge is 0.269 e. The van der Waals surface area contributed by atoms with E-state index in [1.807, 2.05) is 60.0 Å². The van der Waals surface area contributed by atoms with Gasteiger partial charge < -0.3 is 9.14 Å². The van der Waals surface area contributed by atoms with Gasteiger partial charge in [0.15, 0.2) is 5.75 Å². The van der Waals surface area contributed by atoms with Crippen LogP contribution in [0.5, 0.6) is 11.5 Å². The van der Waals surface area contributed by atoms with E-state index in [0.717, 1.165) is 44.2 Å². The van der Waals surface area contributed by atoms with Crippen LogP contribution in [0.1, 0.15) is 0 Å². The van der Waals surface area contributed by atoms with Gasteiger partial charge in [0, 0.05) is 34.0 Å². The molecule has 0 saturated carbocycles. The van der Waals surface area contributed by atoms with Crippen LogP contribution in [0.15, 0.2) is 113 Å². The van der Waals surface area contributed by atoms with Crippen LogP contribution in [0.2, 0.25) is 0 Å². The van der Waals surface area contributed by atoms with Gasteiger partial charge in [-0.3, -0.25) is 14.9 Å². The van der Waals surface area contributed by atoms with Crippen LogP contribution in [-0.2, 0) is 0 Å². The second kappa shape index (κ2) is 8.54. The maximum Gasteiger partial charge on any atom is 0.269 e. The molecule has 7 aromatic rings. The molecule has 4 aromatic carbocycles. The molecule has 0 saturated heterocycles. The van der Waals surface area contributed by atoms with Gasteiger partial charge >= 0.3 is 0 Å². The van der Waals surface area contributed by atoms with Gasteiger partial charge in [0.25, 0.3) is 5.69 Å². The summed E-state index contributed by atoms with van der Waals surface area (Å²) < 4.78 is 8.27. The van der Waals surface area contributed by atoms with Crippen LogP contribution in [0.25, 0.3) is 49.6 Å². The Bertz CT molecular complexity index is 2030. The van der Waals surface area contributed by atoms with Gasteiger partial charge in [0.1, 0.15) is 5.75 Å². The van der Waals surface area contributed by atoms with Crippen molar-refractivity contribution < 1.29 is 9.66 Å². The van der Waals surface area contributed by atoms with Gasteiger partial charge in [-0.25, -0.2) is 0 Å². The lowest BCUT2D eigenvalue weighted by Crippen LogP contribution is -2.06. The Hall–Kier alpha value is -5.01. The number of aromatic nitrogens is 1. The zero-order chi connectivity index (χ0) is 25.8. The molecule has 3 aromatic heterocycles. The summed E-state index contributed by atoms with van der Waals surface area (Å²) in [5.74, 6) is 0.799. The van der Waals surface area contributed by atoms with Crippen LogP contribution >= 0.6 is 11.3 Å². The molecule has 0 amide bonds. The van der Waals surface area contributed by atoms with E-state index in [2.05, 4.69) is 21.9 Å². The highest BCUT2D eigenvalue weighted by Gasteiger charge is 2.26. The Morgan fingerprint density at radius 2 is 1.58 bits per heavy atom. The predicted molar refractivity (Wildman–Crippen MR) is 152 cm³/mol. The summed E-state index contributed by atoms with van der Waals surface area (Å²) in [5.41, 5.74) is 4.80. The van der Waals surface area contributed by atoms with Crippen LogP contribution in [0.4, 0.5) is 5.69 Å². The first-order chi connectivity index (χ1) is 18.6. The van der Waals surface area contributed by atoms with Crippen LogP contribution < -0.4 is 10.2 Å². The molecule has 0 bridgehead atoms. The van der Waals surface area contributed by atoms with Gasteiger partial charge in [-0.05, 0) is 64.9 Å². The van der Waals surface area contributed by atoms with Crippen molar-refractivity contribution in [2.75, 3.05) is 0 Å². The van der Waals surface area contributed by atoms with Crippen molar-refractivity contribution in [2.45, 2.75) is 0 Å². The first-order valence-electron chi connectivity index (χ1n) is 12.0. The first-order valence-corrected chi connectivity index (χ1v) is 12.9. The van der Waals surface area contributed by atoms with Gasteiger partial charge in [-0.1, -0.05) is 36.4 Å². The summed E-state index contributed by atoms with van der Waals surface area (Å²) in [6.45, 7) is 0. The molecule has 38 heavy (non-hydrogen) atoms. The monoisotopic (exact) mass is 514 g/mol. The number of rotatable bonds is 5. The fraction of sp³-hybridized carbons (Fsp3) is 0. The Balaban J connectivity index is 1.67. The van der Waals surface area contributed by atoms with Gasteiger partial charge in [-0.2, -0.15) is 11.3 Å². The van der Waals surface area contributed by atoms with Crippen LogP contribution in [-0.4, -0.2) is 9.32 Å². The van der Waals surface area contributed by atoms with Crippen LogP contribution in [0, 0.1) is 10.1 Å². The van der Waals surface area contributed by atoms with Crippen molar-refractivity contribution in [3.05, 3.63) is 128 Å². The lowest BCUT2D eigenvalue weighted by atomic mass is 9.98. The number of thiophene rings is 1. The number of nitro groups is 1. The second-order valence-electron chi connectivity index (χ2n) is 9.01. The number of benzene rings is 4. The normalized spacial score (nSPS) is 11.5. The average molecular weight is 515 g/mol. The molecule has 0 N–H and O–H groups in total. The molecule has 0 radical (unpaired) electrons. The third-order valence-corrected chi connectivity index (χ3v) is 7.49. The van der Waals surface area contributed by atoms with Crippen molar-refractivity contribution >= 4 is 44.2 Å². The maximum absolute atomic E-state index is 14.2. The number of nitro benzene ring substituents is 1. The summed E-state index contributed by atoms with van der Waals surface area (Å²) in [4.78, 5) is 25.1. The Morgan fingerprint density at radius 3 is 2.32 bits per heavy atom. The molecule has 6 nitrogen and oxygen atoms in total. The first kappa shape index (κ1) is 22.2. The summed E-state index contributed by atoms with van der Waals surface area (Å²) in [6.07, 6.45) is 0. The zero-order valence-corrected chi connectivity index (χ0v) is 20.6. The van der Waals surface area contributed by atoms with Crippen LogP contribution in [0.3, 0.4) is 0 Å². The number of non-ortho nitro benzene ring substituents is 1. The lowest BCUT2D eigenvalue weighted by molar-refractivity contribution is -0.384. The zero-order valence-electron chi connectivity index (χ0n) is 19.8. The Kier molecular flexibility index (Phi) is 4.99. The van der Waals surface area contributed by atoms with E-state index in [0.29, 0.717) is 11.1 Å². The number of nitrogens with zero attached hydrogens (tertiary/aromatic N) is 2. The number of hydrogen-bond donors (Lipinski definition) is 0. The number of fused-ring (bicyclic) bond motifs is 2. The molecule has 0 fully saturated rings. The third kappa shape index (κ3) is 3.37. The molecule has 0 aliphatic heterocycles. The molecule has 0 atom stereocenters. The summed E-state index contributed by atoms with van der Waals surface area (Å²) >= 11 is 1.57. The van der Waals surface area contributed by atoms with E-state index in [4.69, 9.17) is 4.74 Å². The highest BCUT2D eigenvalue weighted by atomic mass is 32.1. The summed E-state index contributed by atoms with van der Waals surface area (Å²) in [5, 5.41) is 17.8.